The summed E-state index contributed by atoms with van der Waals surface area (Å²) in [5.41, 5.74) is -1.26. The molecule has 0 spiro atoms. The summed E-state index contributed by atoms with van der Waals surface area (Å²) in [7, 11) is -6.21. The van der Waals surface area contributed by atoms with Crippen molar-refractivity contribution < 1.29 is 70.1 Å². The topological polar surface area (TPSA) is 203 Å². The first-order chi connectivity index (χ1) is 43.1. The van der Waals surface area contributed by atoms with E-state index in [0.29, 0.717) is 48.2 Å². The maximum Gasteiger partial charge on any atom is 0.429 e. The van der Waals surface area contributed by atoms with Gasteiger partial charge in [0.05, 0.1) is 32.7 Å². The fourth-order valence-electron chi connectivity index (χ4n) is 13.8. The van der Waals surface area contributed by atoms with Crippen molar-refractivity contribution in [2.75, 3.05) is 0 Å². The van der Waals surface area contributed by atoms with Gasteiger partial charge in [0.2, 0.25) is 0 Å². The van der Waals surface area contributed by atoms with Crippen molar-refractivity contribution in [2.24, 2.45) is 51.8 Å². The molecule has 8 fully saturated rings. The van der Waals surface area contributed by atoms with Crippen molar-refractivity contribution in [1.29, 1.82) is 0 Å². The summed E-state index contributed by atoms with van der Waals surface area (Å²) in [5.74, 6) is 1.68. The lowest BCUT2D eigenvalue weighted by Crippen LogP contribution is -2.61. The number of hydrogen-bond acceptors (Lipinski definition) is 13. The lowest BCUT2D eigenvalue weighted by molar-refractivity contribution is -0.225. The molecule has 8 aliphatic carbocycles. The van der Waals surface area contributed by atoms with Crippen molar-refractivity contribution in [3.8, 4) is 17.2 Å². The lowest BCUT2D eigenvalue weighted by atomic mass is 9.50. The fourth-order valence-corrected chi connectivity index (χ4v) is 16.2. The van der Waals surface area contributed by atoms with E-state index in [2.05, 4.69) is 123 Å². The molecule has 3 unspecified atom stereocenters. The van der Waals surface area contributed by atoms with Crippen LogP contribution in [-0.2, 0) is 49.7 Å². The first-order valence-electron chi connectivity index (χ1n) is 32.9. The van der Waals surface area contributed by atoms with Gasteiger partial charge in [-0.3, -0.25) is 14.4 Å². The second kappa shape index (κ2) is 39.5. The van der Waals surface area contributed by atoms with Crippen LogP contribution in [0.2, 0.25) is 0 Å². The lowest BCUT2D eigenvalue weighted by Gasteiger charge is -2.59. The quantitative estimate of drug-likeness (QED) is 0.0385. The maximum atomic E-state index is 13.0. The maximum absolute atomic E-state index is 13.0. The molecule has 17 heteroatoms. The third-order valence-corrected chi connectivity index (χ3v) is 23.5. The molecular weight excluding hydrogens is 1310 g/mol. The van der Waals surface area contributed by atoms with Crippen LogP contribution in [0.1, 0.15) is 250 Å². The SMILES string of the molecule is C.C.C.C.C.C.C.C.CCC(C)(C)C(=O)OC1(C)C2CC3CC(C2)CC1C3.CCC(C)(C)C(=O)OC12CC3CC(CC(O)(C3)C1)C2.CCC(C)(C)C(=O)Oc1ccc(OC(=O)C(F)(F)S(=O)(=O)[O-])cc1.CCC(C)c1ccc(O)cc1.c1ccc([S+](c2ccccc2)c2ccccc2)cc1. The predicted octanol–water partition coefficient (Wildman–Crippen LogP) is 22.1. The highest BCUT2D eigenvalue weighted by Crippen LogP contribution is 2.61. The molecule has 3 atom stereocenters. The van der Waals surface area contributed by atoms with Crippen molar-refractivity contribution in [3.63, 3.8) is 0 Å². The zero-order valence-corrected chi connectivity index (χ0v) is 57.5. The van der Waals surface area contributed by atoms with E-state index < -0.39 is 49.5 Å². The normalized spacial score (nSPS) is 23.3. The highest BCUT2D eigenvalue weighted by Gasteiger charge is 2.60. The third-order valence-electron chi connectivity index (χ3n) is 20.5. The molecule has 0 amide bonds. The molecular formula is C83H130F2O13S2. The molecule has 13 nitrogen and oxygen atoms in total. The third kappa shape index (κ3) is 24.0. The molecule has 13 rings (SSSR count). The Hall–Kier alpha value is -6.14. The monoisotopic (exact) mass is 1440 g/mol. The van der Waals surface area contributed by atoms with Crippen LogP contribution in [0.4, 0.5) is 8.78 Å². The highest BCUT2D eigenvalue weighted by atomic mass is 32.2. The Bertz CT molecular complexity index is 3220. The summed E-state index contributed by atoms with van der Waals surface area (Å²) in [6, 6.07) is 43.9. The van der Waals surface area contributed by atoms with Crippen molar-refractivity contribution >= 4 is 44.9 Å². The number of aliphatic hydroxyl groups is 1. The van der Waals surface area contributed by atoms with E-state index >= 15 is 0 Å². The highest BCUT2D eigenvalue weighted by molar-refractivity contribution is 7.97. The zero-order valence-electron chi connectivity index (χ0n) is 55.9. The molecule has 566 valence electrons. The number of esters is 4. The van der Waals surface area contributed by atoms with Gasteiger partial charge in [0.1, 0.15) is 28.5 Å². The minimum atomic E-state index is -6.19. The number of ether oxygens (including phenoxy) is 4. The molecule has 2 N–H and O–H groups in total. The summed E-state index contributed by atoms with van der Waals surface area (Å²) in [6.07, 6.45) is 15.6. The summed E-state index contributed by atoms with van der Waals surface area (Å²) < 4.78 is 78.3. The Balaban J connectivity index is 0. The van der Waals surface area contributed by atoms with Gasteiger partial charge in [0.15, 0.2) is 24.8 Å². The van der Waals surface area contributed by atoms with E-state index in [1.807, 2.05) is 46.8 Å². The summed E-state index contributed by atoms with van der Waals surface area (Å²) >= 11 is 0. The molecule has 8 bridgehead atoms. The van der Waals surface area contributed by atoms with E-state index in [4.69, 9.17) is 19.3 Å². The summed E-state index contributed by atoms with van der Waals surface area (Å²) in [4.78, 5) is 51.9. The number of halogens is 2. The van der Waals surface area contributed by atoms with Crippen LogP contribution in [0.3, 0.4) is 0 Å². The number of aromatic hydroxyl groups is 1. The number of carbonyl (C=O) groups is 4. The molecule has 8 aliphatic rings. The smallest absolute Gasteiger partial charge is 0.429 e. The van der Waals surface area contributed by atoms with Crippen molar-refractivity contribution in [2.45, 2.75) is 281 Å². The van der Waals surface area contributed by atoms with Crippen LogP contribution in [0.15, 0.2) is 154 Å². The molecule has 8 saturated carbocycles. The van der Waals surface area contributed by atoms with Gasteiger partial charge in [-0.05, 0) is 258 Å². The van der Waals surface area contributed by atoms with E-state index in [1.165, 1.54) is 58.8 Å². The van der Waals surface area contributed by atoms with Gasteiger partial charge in [-0.2, -0.15) is 8.78 Å². The number of phenols is 1. The number of rotatable bonds is 17. The van der Waals surface area contributed by atoms with Crippen molar-refractivity contribution in [3.05, 3.63) is 145 Å². The van der Waals surface area contributed by atoms with E-state index in [9.17, 15) is 46.0 Å². The number of phenolic OH excluding ortho intramolecular Hbond substituents is 1. The first kappa shape index (κ1) is 95.9. The van der Waals surface area contributed by atoms with E-state index in [-0.39, 0.29) is 105 Å². The predicted molar refractivity (Wildman–Crippen MR) is 407 cm³/mol. The largest absolute Gasteiger partial charge is 0.743 e. The van der Waals surface area contributed by atoms with Gasteiger partial charge in [-0.1, -0.05) is 161 Å². The molecule has 5 aromatic carbocycles. The Morgan fingerprint density at radius 3 is 1.20 bits per heavy atom. The van der Waals surface area contributed by atoms with Crippen LogP contribution in [0.25, 0.3) is 0 Å². The standard InChI is InChI=1S/C18H15S.C17H28O2.C16H26O3.C14H16F2O7S.C10H14O.8CH4/c1-4-10-16(11-5-1)19(17-12-6-2-7-13-17)18-14-8-3-9-15-18;1-5-16(2,3)15(18)19-17(4)13-7-11-6-12(9-13)10-14(17)8-11;1-4-14(2,3)13(17)19-16-8-11-5-12(9-16)7-15(18,6-11)10-16;1-4-13(2,3)11(17)22-9-5-7-10(8-6-9)23-12(18)14(15,16)24(19,20)21;1-3-8(2)9-4-6-10(11)7-5-9;;;;;;;;/h1-15H;11-14H,5-10H2,1-4H3;11-12,18H,4-10H2,1-3H3;5-8H,4H2,1-3H3,(H,19,20,21);4-8,11H,3H2,1-2H3;8*1H4/q+1;;;;;;;;;;;;/p-1. The molecule has 5 aromatic rings. The molecule has 0 heterocycles. The van der Waals surface area contributed by atoms with Gasteiger partial charge in [0, 0.05) is 6.42 Å². The average molecular weight is 1440 g/mol. The minimum Gasteiger partial charge on any atom is -0.743 e. The Morgan fingerprint density at radius 2 is 0.860 bits per heavy atom. The number of carbonyl (C=O) groups excluding carboxylic acids is 4. The van der Waals surface area contributed by atoms with Gasteiger partial charge < -0.3 is 33.7 Å². The molecule has 0 aromatic heterocycles. The summed E-state index contributed by atoms with van der Waals surface area (Å²) in [5, 5.41) is 14.5. The molecule has 0 radical (unpaired) electrons. The Kier molecular flexibility index (Phi) is 37.9. The number of hydrogen-bond donors (Lipinski definition) is 2. The molecule has 0 aliphatic heterocycles. The van der Waals surface area contributed by atoms with Crippen molar-refractivity contribution in [1.82, 2.24) is 0 Å². The Morgan fingerprint density at radius 1 is 0.520 bits per heavy atom. The minimum absolute atomic E-state index is 0. The van der Waals surface area contributed by atoms with Crippen LogP contribution < -0.4 is 9.47 Å². The van der Waals surface area contributed by atoms with Crippen LogP contribution in [0.5, 0.6) is 17.2 Å². The molecule has 0 saturated heterocycles. The second-order valence-electron chi connectivity index (χ2n) is 28.7. The van der Waals surface area contributed by atoms with Crippen LogP contribution in [-0.4, -0.2) is 69.1 Å². The van der Waals surface area contributed by atoms with Crippen LogP contribution >= 0.6 is 0 Å². The van der Waals surface area contributed by atoms with Gasteiger partial charge in [0.25, 0.3) is 0 Å². The van der Waals surface area contributed by atoms with Gasteiger partial charge in [-0.25, -0.2) is 13.2 Å². The Labute approximate surface area is 607 Å². The molecule has 100 heavy (non-hydrogen) atoms. The zero-order chi connectivity index (χ0) is 67.7. The van der Waals surface area contributed by atoms with Gasteiger partial charge in [-0.15, -0.1) is 0 Å². The van der Waals surface area contributed by atoms with E-state index in [0.717, 1.165) is 81.0 Å². The average Bonchev–Trinajstić information content (AvgIpc) is 0.734. The summed E-state index contributed by atoms with van der Waals surface area (Å²) in [6.45, 7) is 23.7. The number of benzene rings is 5. The second-order valence-corrected chi connectivity index (χ2v) is 32.2. The fraction of sp³-hybridized carbons (Fsp3) is 0.590. The first-order valence-corrected chi connectivity index (χ1v) is 35.5. The van der Waals surface area contributed by atoms with Gasteiger partial charge >= 0.3 is 29.1 Å². The number of alkyl halides is 2. The van der Waals surface area contributed by atoms with Crippen LogP contribution in [0, 0.1) is 51.8 Å². The van der Waals surface area contributed by atoms with E-state index in [1.54, 1.807) is 32.9 Å².